The van der Waals surface area contributed by atoms with E-state index in [0.29, 0.717) is 33.7 Å². The Morgan fingerprint density at radius 2 is 1.95 bits per heavy atom. The summed E-state index contributed by atoms with van der Waals surface area (Å²) in [6.07, 6.45) is 0.682. The fourth-order valence-corrected chi connectivity index (χ4v) is 2.02. The van der Waals surface area contributed by atoms with E-state index in [1.165, 1.54) is 0 Å². The lowest BCUT2D eigenvalue weighted by molar-refractivity contribution is 1.20. The number of halogens is 2. The van der Waals surface area contributed by atoms with Crippen LogP contribution in [-0.4, -0.2) is 10.7 Å². The Balaban J connectivity index is 2.51. The normalized spacial score (nSPS) is 11.6. The molecule has 1 aromatic carbocycles. The monoisotopic (exact) mass is 293 g/mol. The first-order valence-electron chi connectivity index (χ1n) is 5.86. The minimum Gasteiger partial charge on any atom is -0.397 e. The van der Waals surface area contributed by atoms with Gasteiger partial charge < -0.3 is 5.73 Å². The van der Waals surface area contributed by atoms with Crippen molar-refractivity contribution in [2.24, 2.45) is 4.99 Å². The fraction of sp³-hybridized carbons (Fsp3) is 0.143. The Morgan fingerprint density at radius 1 is 1.21 bits per heavy atom. The van der Waals surface area contributed by atoms with E-state index in [4.69, 9.17) is 28.9 Å². The van der Waals surface area contributed by atoms with Gasteiger partial charge in [0.1, 0.15) is 10.8 Å². The Labute approximate surface area is 122 Å². The summed E-state index contributed by atoms with van der Waals surface area (Å²) in [5.74, 6) is 0. The van der Waals surface area contributed by atoms with Crippen molar-refractivity contribution >= 4 is 40.3 Å². The molecule has 0 aliphatic heterocycles. The highest BCUT2D eigenvalue weighted by Gasteiger charge is 2.10. The van der Waals surface area contributed by atoms with Gasteiger partial charge in [-0.25, -0.2) is 9.98 Å². The molecule has 0 bridgehead atoms. The lowest BCUT2D eigenvalue weighted by atomic mass is 10.2. The van der Waals surface area contributed by atoms with E-state index in [0.717, 1.165) is 5.71 Å². The van der Waals surface area contributed by atoms with Crippen molar-refractivity contribution in [3.8, 4) is 0 Å². The molecule has 0 saturated carbocycles. The minimum absolute atomic E-state index is 0.390. The standard InChI is InChI=1S/C14H13Cl2N3/c1-2-11(14-9(15)7-8-13(16)19-14)18-12-6-4-3-5-10(12)17/h3-8H,2,17H2,1H3. The first-order chi connectivity index (χ1) is 9.11. The summed E-state index contributed by atoms with van der Waals surface area (Å²) in [5.41, 5.74) is 8.56. The van der Waals surface area contributed by atoms with Gasteiger partial charge in [0, 0.05) is 0 Å². The number of rotatable bonds is 3. The summed E-state index contributed by atoms with van der Waals surface area (Å²) in [6.45, 7) is 1.98. The number of pyridine rings is 1. The van der Waals surface area contributed by atoms with E-state index < -0.39 is 0 Å². The highest BCUT2D eigenvalue weighted by molar-refractivity contribution is 6.35. The average molecular weight is 294 g/mol. The van der Waals surface area contributed by atoms with Crippen LogP contribution in [0.2, 0.25) is 10.2 Å². The maximum absolute atomic E-state index is 6.14. The number of aromatic nitrogens is 1. The smallest absolute Gasteiger partial charge is 0.129 e. The summed E-state index contributed by atoms with van der Waals surface area (Å²) < 4.78 is 0. The first-order valence-corrected chi connectivity index (χ1v) is 6.62. The maximum Gasteiger partial charge on any atom is 0.129 e. The zero-order chi connectivity index (χ0) is 13.8. The molecule has 1 aromatic heterocycles. The van der Waals surface area contributed by atoms with Gasteiger partial charge >= 0.3 is 0 Å². The maximum atomic E-state index is 6.14. The predicted molar refractivity (Wildman–Crippen MR) is 81.6 cm³/mol. The third kappa shape index (κ3) is 3.25. The lowest BCUT2D eigenvalue weighted by Gasteiger charge is -2.07. The van der Waals surface area contributed by atoms with Crippen molar-refractivity contribution in [3.05, 3.63) is 52.3 Å². The topological polar surface area (TPSA) is 51.3 Å². The highest BCUT2D eigenvalue weighted by Crippen LogP contribution is 2.25. The molecule has 0 radical (unpaired) electrons. The van der Waals surface area contributed by atoms with Crippen LogP contribution >= 0.6 is 23.2 Å². The van der Waals surface area contributed by atoms with Gasteiger partial charge in [0.2, 0.25) is 0 Å². The van der Waals surface area contributed by atoms with Gasteiger partial charge in [-0.1, -0.05) is 42.3 Å². The zero-order valence-electron chi connectivity index (χ0n) is 10.4. The van der Waals surface area contributed by atoms with Gasteiger partial charge in [-0.2, -0.15) is 0 Å². The van der Waals surface area contributed by atoms with E-state index in [1.54, 1.807) is 18.2 Å². The fourth-order valence-electron chi connectivity index (χ4n) is 1.65. The number of nitrogens with zero attached hydrogens (tertiary/aromatic N) is 2. The van der Waals surface area contributed by atoms with E-state index in [-0.39, 0.29) is 0 Å². The largest absolute Gasteiger partial charge is 0.397 e. The summed E-state index contributed by atoms with van der Waals surface area (Å²) in [7, 11) is 0. The summed E-state index contributed by atoms with van der Waals surface area (Å²) in [4.78, 5) is 8.77. The van der Waals surface area contributed by atoms with Gasteiger partial charge in [0.25, 0.3) is 0 Å². The van der Waals surface area contributed by atoms with Gasteiger partial charge in [0.05, 0.1) is 22.1 Å². The average Bonchev–Trinajstić information content (AvgIpc) is 2.41. The Kier molecular flexibility index (Phi) is 4.40. The van der Waals surface area contributed by atoms with E-state index in [9.17, 15) is 0 Å². The van der Waals surface area contributed by atoms with E-state index in [2.05, 4.69) is 9.98 Å². The van der Waals surface area contributed by atoms with Gasteiger partial charge in [-0.05, 0) is 30.7 Å². The Hall–Kier alpha value is -1.58. The zero-order valence-corrected chi connectivity index (χ0v) is 11.9. The molecule has 0 spiro atoms. The van der Waals surface area contributed by atoms with Crippen molar-refractivity contribution in [1.82, 2.24) is 4.98 Å². The number of aliphatic imine (C=N–C) groups is 1. The quantitative estimate of drug-likeness (QED) is 0.514. The molecule has 0 aliphatic rings. The van der Waals surface area contributed by atoms with Crippen LogP contribution in [0.25, 0.3) is 0 Å². The molecule has 2 rings (SSSR count). The third-order valence-electron chi connectivity index (χ3n) is 2.61. The van der Waals surface area contributed by atoms with Crippen LogP contribution in [0.1, 0.15) is 19.0 Å². The first kappa shape index (κ1) is 13.8. The number of benzene rings is 1. The Bertz CT molecular complexity index is 624. The van der Waals surface area contributed by atoms with Crippen LogP contribution < -0.4 is 5.73 Å². The van der Waals surface area contributed by atoms with Crippen LogP contribution in [0.4, 0.5) is 11.4 Å². The van der Waals surface area contributed by atoms with Crippen molar-refractivity contribution in [3.63, 3.8) is 0 Å². The molecule has 2 aromatic rings. The highest BCUT2D eigenvalue weighted by atomic mass is 35.5. The minimum atomic E-state index is 0.390. The molecular weight excluding hydrogens is 281 g/mol. The molecule has 0 atom stereocenters. The number of nitrogens with two attached hydrogens (primary N) is 1. The van der Waals surface area contributed by atoms with Crippen LogP contribution in [-0.2, 0) is 0 Å². The number of anilines is 1. The molecule has 0 amide bonds. The summed E-state index contributed by atoms with van der Waals surface area (Å²) >= 11 is 12.0. The molecule has 1 heterocycles. The number of hydrogen-bond acceptors (Lipinski definition) is 3. The van der Waals surface area contributed by atoms with E-state index in [1.807, 2.05) is 25.1 Å². The molecule has 19 heavy (non-hydrogen) atoms. The third-order valence-corrected chi connectivity index (χ3v) is 3.13. The van der Waals surface area contributed by atoms with Crippen LogP contribution in [0, 0.1) is 0 Å². The molecule has 0 fully saturated rings. The molecule has 3 nitrogen and oxygen atoms in total. The Morgan fingerprint density at radius 3 is 2.63 bits per heavy atom. The molecule has 2 N–H and O–H groups in total. The van der Waals surface area contributed by atoms with Gasteiger partial charge in [-0.3, -0.25) is 0 Å². The van der Waals surface area contributed by atoms with Gasteiger partial charge in [-0.15, -0.1) is 0 Å². The van der Waals surface area contributed by atoms with Crippen molar-refractivity contribution in [2.45, 2.75) is 13.3 Å². The number of para-hydroxylation sites is 2. The van der Waals surface area contributed by atoms with Crippen LogP contribution in [0.3, 0.4) is 0 Å². The van der Waals surface area contributed by atoms with Crippen molar-refractivity contribution in [1.29, 1.82) is 0 Å². The molecular formula is C14H13Cl2N3. The second-order valence-electron chi connectivity index (χ2n) is 3.94. The molecule has 98 valence electrons. The van der Waals surface area contributed by atoms with Crippen molar-refractivity contribution < 1.29 is 0 Å². The summed E-state index contributed by atoms with van der Waals surface area (Å²) in [6, 6.07) is 10.8. The predicted octanol–water partition coefficient (Wildman–Crippen LogP) is 4.50. The number of nitrogen functional groups attached to an aromatic ring is 1. The SMILES string of the molecule is CCC(=Nc1ccccc1N)c1nc(Cl)ccc1Cl. The number of hydrogen-bond donors (Lipinski definition) is 1. The summed E-state index contributed by atoms with van der Waals surface area (Å²) in [5, 5.41) is 0.918. The molecule has 0 saturated heterocycles. The second kappa shape index (κ2) is 6.04. The van der Waals surface area contributed by atoms with Gasteiger partial charge in [0.15, 0.2) is 0 Å². The van der Waals surface area contributed by atoms with Crippen molar-refractivity contribution in [2.75, 3.05) is 5.73 Å². The van der Waals surface area contributed by atoms with Crippen LogP contribution in [0.5, 0.6) is 0 Å². The molecule has 0 aliphatic carbocycles. The second-order valence-corrected chi connectivity index (χ2v) is 4.73. The van der Waals surface area contributed by atoms with E-state index >= 15 is 0 Å². The lowest BCUT2D eigenvalue weighted by Crippen LogP contribution is -2.03. The molecule has 5 heteroatoms. The molecule has 0 unspecified atom stereocenters. The van der Waals surface area contributed by atoms with Crippen LogP contribution in [0.15, 0.2) is 41.4 Å².